The molecule has 1 aliphatic heterocycles. The van der Waals surface area contributed by atoms with Crippen LogP contribution in [0.4, 0.5) is 5.69 Å². The van der Waals surface area contributed by atoms with Crippen LogP contribution in [0.15, 0.2) is 18.2 Å². The minimum Gasteiger partial charge on any atom is -0.486 e. The van der Waals surface area contributed by atoms with Crippen molar-refractivity contribution in [2.75, 3.05) is 31.7 Å². The minimum absolute atomic E-state index is 0.187. The van der Waals surface area contributed by atoms with Gasteiger partial charge < -0.3 is 19.5 Å². The Labute approximate surface area is 112 Å². The van der Waals surface area contributed by atoms with Gasteiger partial charge in [-0.05, 0) is 19.1 Å². The summed E-state index contributed by atoms with van der Waals surface area (Å²) >= 11 is 0. The number of benzene rings is 1. The van der Waals surface area contributed by atoms with Gasteiger partial charge in [-0.1, -0.05) is 6.92 Å². The highest BCUT2D eigenvalue weighted by Gasteiger charge is 2.15. The largest absolute Gasteiger partial charge is 0.486 e. The molecule has 19 heavy (non-hydrogen) atoms. The molecule has 0 aliphatic carbocycles. The van der Waals surface area contributed by atoms with E-state index in [1.165, 1.54) is 0 Å². The van der Waals surface area contributed by atoms with Gasteiger partial charge in [-0.25, -0.2) is 0 Å². The van der Waals surface area contributed by atoms with Crippen LogP contribution in [0, 0.1) is 5.92 Å². The Morgan fingerprint density at radius 3 is 2.84 bits per heavy atom. The van der Waals surface area contributed by atoms with Crippen molar-refractivity contribution in [2.45, 2.75) is 13.8 Å². The lowest BCUT2D eigenvalue weighted by Gasteiger charge is -2.19. The monoisotopic (exact) mass is 265 g/mol. The molecule has 5 nitrogen and oxygen atoms in total. The highest BCUT2D eigenvalue weighted by atomic mass is 16.6. The van der Waals surface area contributed by atoms with E-state index in [4.69, 9.17) is 14.2 Å². The first-order valence-electron chi connectivity index (χ1n) is 6.51. The summed E-state index contributed by atoms with van der Waals surface area (Å²) in [6.07, 6.45) is 0. The molecule has 0 spiro atoms. The minimum atomic E-state index is -0.187. The topological polar surface area (TPSA) is 56.8 Å². The molecule has 0 saturated heterocycles. The van der Waals surface area contributed by atoms with E-state index in [2.05, 4.69) is 5.32 Å². The fraction of sp³-hybridized carbons (Fsp3) is 0.500. The molecule has 1 N–H and O–H groups in total. The van der Waals surface area contributed by atoms with Gasteiger partial charge in [-0.2, -0.15) is 0 Å². The van der Waals surface area contributed by atoms with Crippen molar-refractivity contribution < 1.29 is 19.0 Å². The number of nitrogens with one attached hydrogen (secondary N) is 1. The zero-order valence-electron chi connectivity index (χ0n) is 11.3. The second-order valence-corrected chi connectivity index (χ2v) is 4.39. The summed E-state index contributed by atoms with van der Waals surface area (Å²) in [6.45, 7) is 5.73. The first-order chi connectivity index (χ1) is 9.20. The van der Waals surface area contributed by atoms with Crippen LogP contribution in [-0.2, 0) is 9.53 Å². The number of esters is 1. The van der Waals surface area contributed by atoms with E-state index in [1.807, 2.05) is 25.1 Å². The van der Waals surface area contributed by atoms with Gasteiger partial charge >= 0.3 is 5.97 Å². The van der Waals surface area contributed by atoms with Crippen molar-refractivity contribution in [2.24, 2.45) is 5.92 Å². The third-order valence-corrected chi connectivity index (χ3v) is 2.84. The lowest BCUT2D eigenvalue weighted by atomic mass is 10.2. The van der Waals surface area contributed by atoms with Crippen molar-refractivity contribution in [1.82, 2.24) is 0 Å². The van der Waals surface area contributed by atoms with Crippen LogP contribution >= 0.6 is 0 Å². The smallest absolute Gasteiger partial charge is 0.310 e. The molecular formula is C14H19NO4. The van der Waals surface area contributed by atoms with Crippen molar-refractivity contribution in [3.63, 3.8) is 0 Å². The fourth-order valence-corrected chi connectivity index (χ4v) is 1.79. The van der Waals surface area contributed by atoms with Crippen molar-refractivity contribution in [3.8, 4) is 11.5 Å². The van der Waals surface area contributed by atoms with Crippen molar-refractivity contribution in [3.05, 3.63) is 18.2 Å². The summed E-state index contributed by atoms with van der Waals surface area (Å²) in [7, 11) is 0. The van der Waals surface area contributed by atoms with Gasteiger partial charge in [0.1, 0.15) is 13.2 Å². The lowest BCUT2D eigenvalue weighted by molar-refractivity contribution is -0.146. The summed E-state index contributed by atoms with van der Waals surface area (Å²) in [5, 5.41) is 3.20. The summed E-state index contributed by atoms with van der Waals surface area (Å²) in [4.78, 5) is 11.5. The SMILES string of the molecule is CCOC(=O)C(C)CNc1ccc2c(c1)OCCO2. The predicted octanol–water partition coefficient (Wildman–Crippen LogP) is 2.07. The number of carbonyl (C=O) groups excluding carboxylic acids is 1. The van der Waals surface area contributed by atoms with E-state index in [9.17, 15) is 4.79 Å². The number of carbonyl (C=O) groups is 1. The highest BCUT2D eigenvalue weighted by Crippen LogP contribution is 2.32. The second-order valence-electron chi connectivity index (χ2n) is 4.39. The molecule has 0 saturated carbocycles. The molecule has 0 aromatic heterocycles. The van der Waals surface area contributed by atoms with Crippen LogP contribution in [0.5, 0.6) is 11.5 Å². The average molecular weight is 265 g/mol. The maximum absolute atomic E-state index is 11.5. The van der Waals surface area contributed by atoms with Crippen LogP contribution in [0.2, 0.25) is 0 Å². The van der Waals surface area contributed by atoms with Crippen molar-refractivity contribution in [1.29, 1.82) is 0 Å². The molecule has 0 radical (unpaired) electrons. The van der Waals surface area contributed by atoms with E-state index >= 15 is 0 Å². The van der Waals surface area contributed by atoms with E-state index < -0.39 is 0 Å². The Morgan fingerprint density at radius 2 is 2.11 bits per heavy atom. The summed E-state index contributed by atoms with van der Waals surface area (Å²) in [5.41, 5.74) is 0.903. The fourth-order valence-electron chi connectivity index (χ4n) is 1.79. The Hall–Kier alpha value is -1.91. The van der Waals surface area contributed by atoms with Crippen LogP contribution in [0.1, 0.15) is 13.8 Å². The summed E-state index contributed by atoms with van der Waals surface area (Å²) in [6, 6.07) is 5.66. The summed E-state index contributed by atoms with van der Waals surface area (Å²) in [5.74, 6) is 1.12. The van der Waals surface area contributed by atoms with Gasteiger partial charge in [-0.15, -0.1) is 0 Å². The van der Waals surface area contributed by atoms with Crippen molar-refractivity contribution >= 4 is 11.7 Å². The Bertz CT molecular complexity index is 447. The molecule has 1 aliphatic rings. The average Bonchev–Trinajstić information content (AvgIpc) is 2.44. The highest BCUT2D eigenvalue weighted by molar-refractivity contribution is 5.72. The zero-order valence-corrected chi connectivity index (χ0v) is 11.3. The van der Waals surface area contributed by atoms with Gasteiger partial charge in [0.05, 0.1) is 12.5 Å². The van der Waals surface area contributed by atoms with E-state index in [1.54, 1.807) is 6.92 Å². The zero-order chi connectivity index (χ0) is 13.7. The Balaban J connectivity index is 1.91. The molecule has 1 unspecified atom stereocenters. The molecule has 1 heterocycles. The molecule has 1 aromatic carbocycles. The Morgan fingerprint density at radius 1 is 1.37 bits per heavy atom. The number of hydrogen-bond acceptors (Lipinski definition) is 5. The number of fused-ring (bicyclic) bond motifs is 1. The van der Waals surface area contributed by atoms with Gasteiger partial charge in [0.2, 0.25) is 0 Å². The maximum atomic E-state index is 11.5. The first-order valence-corrected chi connectivity index (χ1v) is 6.51. The number of rotatable bonds is 5. The number of anilines is 1. The van der Waals surface area contributed by atoms with Crippen LogP contribution < -0.4 is 14.8 Å². The van der Waals surface area contributed by atoms with E-state index in [-0.39, 0.29) is 11.9 Å². The lowest BCUT2D eigenvalue weighted by Crippen LogP contribution is -2.22. The van der Waals surface area contributed by atoms with Gasteiger partial charge in [0.25, 0.3) is 0 Å². The van der Waals surface area contributed by atoms with E-state index in [0.717, 1.165) is 17.2 Å². The molecule has 5 heteroatoms. The normalized spacial score (nSPS) is 14.6. The molecule has 2 rings (SSSR count). The molecule has 1 atom stereocenters. The second kappa shape index (κ2) is 6.31. The molecule has 0 bridgehead atoms. The predicted molar refractivity (Wildman–Crippen MR) is 71.7 cm³/mol. The number of hydrogen-bond donors (Lipinski definition) is 1. The standard InChI is InChI=1S/C14H19NO4/c1-3-17-14(16)10(2)9-15-11-4-5-12-13(8-11)19-7-6-18-12/h4-5,8,10,15H,3,6-7,9H2,1-2H3. The van der Waals surface area contributed by atoms with Gasteiger partial charge in [0.15, 0.2) is 11.5 Å². The van der Waals surface area contributed by atoms with Gasteiger partial charge in [-0.3, -0.25) is 4.79 Å². The van der Waals surface area contributed by atoms with Crippen LogP contribution in [0.25, 0.3) is 0 Å². The third-order valence-electron chi connectivity index (χ3n) is 2.84. The molecule has 1 aromatic rings. The quantitative estimate of drug-likeness (QED) is 0.826. The third kappa shape index (κ3) is 3.53. The molecular weight excluding hydrogens is 246 g/mol. The molecule has 0 amide bonds. The van der Waals surface area contributed by atoms with Crippen LogP contribution in [0.3, 0.4) is 0 Å². The molecule has 104 valence electrons. The van der Waals surface area contributed by atoms with Gasteiger partial charge in [0, 0.05) is 18.3 Å². The first kappa shape index (κ1) is 13.5. The maximum Gasteiger partial charge on any atom is 0.310 e. The van der Waals surface area contributed by atoms with Crippen LogP contribution in [-0.4, -0.2) is 32.3 Å². The molecule has 0 fully saturated rings. The number of ether oxygens (including phenoxy) is 3. The van der Waals surface area contributed by atoms with E-state index in [0.29, 0.717) is 26.4 Å². The Kier molecular flexibility index (Phi) is 4.49. The summed E-state index contributed by atoms with van der Waals surface area (Å²) < 4.78 is 15.9.